The first-order valence-electron chi connectivity index (χ1n) is 3.59. The number of hydrogen-bond donors (Lipinski definition) is 1. The predicted octanol–water partition coefficient (Wildman–Crippen LogP) is 2.63. The van der Waals surface area contributed by atoms with Gasteiger partial charge in [-0.25, -0.2) is 0 Å². The number of hydrogen-bond acceptors (Lipinski definition) is 1. The Bertz CT molecular complexity index is 361. The number of halogens is 1. The molecule has 0 radical (unpaired) electrons. The molecular weight excluding hydrogens is 214 g/mol. The summed E-state index contributed by atoms with van der Waals surface area (Å²) in [5, 5.41) is 0. The molecule has 0 aliphatic carbocycles. The first-order chi connectivity index (χ1) is 5.57. The van der Waals surface area contributed by atoms with Crippen molar-refractivity contribution in [3.05, 3.63) is 27.2 Å². The molecule has 0 fully saturated rings. The molecule has 2 heteroatoms. The van der Waals surface area contributed by atoms with Crippen LogP contribution in [0.4, 0.5) is 5.69 Å². The van der Waals surface area contributed by atoms with Gasteiger partial charge in [0.2, 0.25) is 0 Å². The fraction of sp³-hybridized carbons (Fsp3) is 0.200. The van der Waals surface area contributed by atoms with E-state index in [4.69, 9.17) is 12.2 Å². The van der Waals surface area contributed by atoms with Crippen molar-refractivity contribution in [3.8, 4) is 12.3 Å². The average molecular weight is 224 g/mol. The SMILES string of the molecule is C#Cc1cc(Br)c(C)c(C)c1N. The molecule has 0 aliphatic heterocycles. The molecule has 0 saturated heterocycles. The number of terminal acetylenes is 1. The van der Waals surface area contributed by atoms with Gasteiger partial charge >= 0.3 is 0 Å². The molecule has 2 N–H and O–H groups in total. The van der Waals surface area contributed by atoms with Crippen LogP contribution in [0, 0.1) is 26.2 Å². The van der Waals surface area contributed by atoms with Crippen LogP contribution in [0.5, 0.6) is 0 Å². The summed E-state index contributed by atoms with van der Waals surface area (Å²) in [6.45, 7) is 3.98. The quantitative estimate of drug-likeness (QED) is 0.532. The summed E-state index contributed by atoms with van der Waals surface area (Å²) in [6, 6.07) is 1.87. The topological polar surface area (TPSA) is 26.0 Å². The second kappa shape index (κ2) is 3.20. The van der Waals surface area contributed by atoms with Crippen molar-refractivity contribution < 1.29 is 0 Å². The fourth-order valence-corrected chi connectivity index (χ4v) is 1.54. The molecule has 0 bridgehead atoms. The molecule has 62 valence electrons. The summed E-state index contributed by atoms with van der Waals surface area (Å²) in [5.74, 6) is 2.55. The number of nitrogen functional groups attached to an aromatic ring is 1. The van der Waals surface area contributed by atoms with E-state index in [1.807, 2.05) is 19.9 Å². The lowest BCUT2D eigenvalue weighted by molar-refractivity contribution is 1.31. The van der Waals surface area contributed by atoms with Crippen LogP contribution in [-0.2, 0) is 0 Å². The van der Waals surface area contributed by atoms with Crippen LogP contribution in [0.15, 0.2) is 10.5 Å². The van der Waals surface area contributed by atoms with Gasteiger partial charge in [0.25, 0.3) is 0 Å². The zero-order valence-electron chi connectivity index (χ0n) is 7.11. The second-order valence-electron chi connectivity index (χ2n) is 2.71. The van der Waals surface area contributed by atoms with Gasteiger partial charge < -0.3 is 5.73 Å². The second-order valence-corrected chi connectivity index (χ2v) is 3.57. The van der Waals surface area contributed by atoms with Crippen molar-refractivity contribution in [1.82, 2.24) is 0 Å². The lowest BCUT2D eigenvalue weighted by Gasteiger charge is -2.08. The van der Waals surface area contributed by atoms with Crippen molar-refractivity contribution in [3.63, 3.8) is 0 Å². The van der Waals surface area contributed by atoms with Crippen LogP contribution < -0.4 is 5.73 Å². The maximum Gasteiger partial charge on any atom is 0.0506 e. The molecule has 0 aromatic heterocycles. The van der Waals surface area contributed by atoms with Crippen molar-refractivity contribution in [2.24, 2.45) is 0 Å². The number of anilines is 1. The van der Waals surface area contributed by atoms with Crippen molar-refractivity contribution >= 4 is 21.6 Å². The van der Waals surface area contributed by atoms with Gasteiger partial charge in [-0.2, -0.15) is 0 Å². The average Bonchev–Trinajstić information content (AvgIpc) is 2.08. The number of benzene rings is 1. The molecule has 0 unspecified atom stereocenters. The maximum absolute atomic E-state index is 5.80. The normalized spacial score (nSPS) is 9.50. The van der Waals surface area contributed by atoms with E-state index in [0.717, 1.165) is 21.2 Å². The summed E-state index contributed by atoms with van der Waals surface area (Å²) < 4.78 is 1.02. The lowest BCUT2D eigenvalue weighted by atomic mass is 10.0. The minimum absolute atomic E-state index is 0.707. The standard InChI is InChI=1S/C10H10BrN/c1-4-8-5-9(11)6(2)7(3)10(8)12/h1,5H,12H2,2-3H3. The van der Waals surface area contributed by atoms with E-state index in [9.17, 15) is 0 Å². The molecule has 0 amide bonds. The molecule has 0 heterocycles. The van der Waals surface area contributed by atoms with Crippen molar-refractivity contribution in [2.75, 3.05) is 5.73 Å². The Labute approximate surface area is 81.1 Å². The highest BCUT2D eigenvalue weighted by atomic mass is 79.9. The van der Waals surface area contributed by atoms with Crippen LogP contribution >= 0.6 is 15.9 Å². The number of nitrogens with two attached hydrogens (primary N) is 1. The third-order valence-corrected chi connectivity index (χ3v) is 2.87. The Morgan fingerprint density at radius 1 is 1.42 bits per heavy atom. The number of rotatable bonds is 0. The van der Waals surface area contributed by atoms with Gasteiger partial charge in [0.1, 0.15) is 0 Å². The minimum atomic E-state index is 0.707. The summed E-state index contributed by atoms with van der Waals surface area (Å²) >= 11 is 3.42. The van der Waals surface area contributed by atoms with Crippen LogP contribution in [0.3, 0.4) is 0 Å². The highest BCUT2D eigenvalue weighted by Crippen LogP contribution is 2.27. The largest absolute Gasteiger partial charge is 0.397 e. The Kier molecular flexibility index (Phi) is 2.44. The van der Waals surface area contributed by atoms with Gasteiger partial charge in [0.05, 0.1) is 5.69 Å². The molecule has 0 saturated carbocycles. The van der Waals surface area contributed by atoms with Crippen LogP contribution in [0.2, 0.25) is 0 Å². The van der Waals surface area contributed by atoms with Gasteiger partial charge in [-0.3, -0.25) is 0 Å². The van der Waals surface area contributed by atoms with Crippen LogP contribution in [0.25, 0.3) is 0 Å². The predicted molar refractivity (Wildman–Crippen MR) is 56.0 cm³/mol. The van der Waals surface area contributed by atoms with E-state index in [-0.39, 0.29) is 0 Å². The molecule has 0 aliphatic rings. The highest BCUT2D eigenvalue weighted by molar-refractivity contribution is 9.10. The zero-order chi connectivity index (χ0) is 9.30. The monoisotopic (exact) mass is 223 g/mol. The summed E-state index contributed by atoms with van der Waals surface area (Å²) in [7, 11) is 0. The Balaban J connectivity index is 3.52. The first-order valence-corrected chi connectivity index (χ1v) is 4.39. The van der Waals surface area contributed by atoms with Gasteiger partial charge in [0.15, 0.2) is 0 Å². The maximum atomic E-state index is 5.80. The third-order valence-electron chi connectivity index (χ3n) is 2.04. The van der Waals surface area contributed by atoms with Crippen LogP contribution in [0.1, 0.15) is 16.7 Å². The van der Waals surface area contributed by atoms with Crippen molar-refractivity contribution in [2.45, 2.75) is 13.8 Å². The van der Waals surface area contributed by atoms with E-state index in [2.05, 4.69) is 21.9 Å². The molecular formula is C10H10BrN. The van der Waals surface area contributed by atoms with Crippen molar-refractivity contribution in [1.29, 1.82) is 0 Å². The van der Waals surface area contributed by atoms with Gasteiger partial charge in [-0.1, -0.05) is 21.9 Å². The molecule has 12 heavy (non-hydrogen) atoms. The fourth-order valence-electron chi connectivity index (χ4n) is 1.02. The van der Waals surface area contributed by atoms with E-state index >= 15 is 0 Å². The molecule has 1 nitrogen and oxygen atoms in total. The zero-order valence-corrected chi connectivity index (χ0v) is 8.70. The van der Waals surface area contributed by atoms with Gasteiger partial charge in [0, 0.05) is 10.0 Å². The van der Waals surface area contributed by atoms with E-state index < -0.39 is 0 Å². The van der Waals surface area contributed by atoms with Gasteiger partial charge in [-0.15, -0.1) is 6.42 Å². The molecule has 0 spiro atoms. The summed E-state index contributed by atoms with van der Waals surface area (Å²) in [5.41, 5.74) is 9.46. The highest BCUT2D eigenvalue weighted by Gasteiger charge is 2.06. The smallest absolute Gasteiger partial charge is 0.0506 e. The minimum Gasteiger partial charge on any atom is -0.397 e. The molecule has 0 atom stereocenters. The third kappa shape index (κ3) is 1.33. The first kappa shape index (κ1) is 9.15. The lowest BCUT2D eigenvalue weighted by Crippen LogP contribution is -1.97. The van der Waals surface area contributed by atoms with E-state index in [1.165, 1.54) is 0 Å². The van der Waals surface area contributed by atoms with Gasteiger partial charge in [-0.05, 0) is 31.0 Å². The Morgan fingerprint density at radius 3 is 2.50 bits per heavy atom. The van der Waals surface area contributed by atoms with E-state index in [0.29, 0.717) is 5.69 Å². The Morgan fingerprint density at radius 2 is 2.00 bits per heavy atom. The summed E-state index contributed by atoms with van der Waals surface area (Å²) in [6.07, 6.45) is 5.29. The van der Waals surface area contributed by atoms with E-state index in [1.54, 1.807) is 0 Å². The van der Waals surface area contributed by atoms with Crippen LogP contribution in [-0.4, -0.2) is 0 Å². The molecule has 1 rings (SSSR count). The summed E-state index contributed by atoms with van der Waals surface area (Å²) in [4.78, 5) is 0. The molecule has 1 aromatic rings. The molecule has 1 aromatic carbocycles. The Hall–Kier alpha value is -0.940.